The lowest BCUT2D eigenvalue weighted by Crippen LogP contribution is -2.47. The third-order valence-corrected chi connectivity index (χ3v) is 3.86. The molecule has 0 radical (unpaired) electrons. The Bertz CT molecular complexity index is 629. The van der Waals surface area contributed by atoms with Crippen LogP contribution in [-0.2, 0) is 0 Å². The van der Waals surface area contributed by atoms with Gasteiger partial charge < -0.3 is 10.0 Å². The van der Waals surface area contributed by atoms with Gasteiger partial charge in [0.2, 0.25) is 0 Å². The second kappa shape index (κ2) is 4.35. The van der Waals surface area contributed by atoms with Gasteiger partial charge in [-0.1, -0.05) is 0 Å². The molecule has 0 unspecified atom stereocenters. The maximum absolute atomic E-state index is 12.5. The number of rotatable bonds is 2. The van der Waals surface area contributed by atoms with Crippen LogP contribution in [0.1, 0.15) is 28.8 Å². The van der Waals surface area contributed by atoms with Crippen molar-refractivity contribution >= 4 is 11.4 Å². The molecule has 5 nitrogen and oxygen atoms in total. The molecule has 2 aromatic rings. The fourth-order valence-corrected chi connectivity index (χ4v) is 2.48. The van der Waals surface area contributed by atoms with Gasteiger partial charge in [-0.05, 0) is 37.5 Å². The monoisotopic (exact) mass is 259 g/mol. The SMILES string of the molecule is Cc1ccn2ncc(C(=O)N(C)C3CC(O)C3)c2c1. The number of amides is 1. The molecule has 2 aromatic heterocycles. The summed E-state index contributed by atoms with van der Waals surface area (Å²) in [5.74, 6) is -0.0301. The predicted octanol–water partition coefficient (Wildman–Crippen LogP) is 1.24. The summed E-state index contributed by atoms with van der Waals surface area (Å²) in [5.41, 5.74) is 2.55. The molecular weight excluding hydrogens is 242 g/mol. The number of aromatic nitrogens is 2. The van der Waals surface area contributed by atoms with E-state index >= 15 is 0 Å². The van der Waals surface area contributed by atoms with Crippen molar-refractivity contribution in [2.24, 2.45) is 0 Å². The molecule has 1 N–H and O–H groups in total. The lowest BCUT2D eigenvalue weighted by atomic mass is 9.88. The number of hydrogen-bond acceptors (Lipinski definition) is 3. The summed E-state index contributed by atoms with van der Waals surface area (Å²) in [6.45, 7) is 1.99. The number of aryl methyl sites for hydroxylation is 1. The summed E-state index contributed by atoms with van der Waals surface area (Å²) < 4.78 is 1.71. The highest BCUT2D eigenvalue weighted by Crippen LogP contribution is 2.26. The molecule has 100 valence electrons. The minimum absolute atomic E-state index is 0.0301. The van der Waals surface area contributed by atoms with Crippen molar-refractivity contribution in [1.82, 2.24) is 14.5 Å². The first-order valence-corrected chi connectivity index (χ1v) is 6.45. The molecule has 0 saturated heterocycles. The topological polar surface area (TPSA) is 57.8 Å². The van der Waals surface area contributed by atoms with Crippen LogP contribution in [0, 0.1) is 6.92 Å². The molecule has 1 aliphatic carbocycles. The predicted molar refractivity (Wildman–Crippen MR) is 71.1 cm³/mol. The maximum atomic E-state index is 12.5. The third kappa shape index (κ3) is 2.00. The van der Waals surface area contributed by atoms with Crippen molar-refractivity contribution in [3.05, 3.63) is 35.7 Å². The molecule has 1 fully saturated rings. The Morgan fingerprint density at radius 3 is 2.95 bits per heavy atom. The van der Waals surface area contributed by atoms with Gasteiger partial charge >= 0.3 is 0 Å². The van der Waals surface area contributed by atoms with Gasteiger partial charge in [-0.25, -0.2) is 4.52 Å². The van der Waals surface area contributed by atoms with Crippen LogP contribution >= 0.6 is 0 Å². The summed E-state index contributed by atoms with van der Waals surface area (Å²) in [6, 6.07) is 4.06. The van der Waals surface area contributed by atoms with Gasteiger partial charge in [0.1, 0.15) is 0 Å². The highest BCUT2D eigenvalue weighted by molar-refractivity contribution is 6.00. The van der Waals surface area contributed by atoms with Gasteiger partial charge in [0.25, 0.3) is 5.91 Å². The lowest BCUT2D eigenvalue weighted by Gasteiger charge is -2.38. The van der Waals surface area contributed by atoms with Gasteiger partial charge in [-0.3, -0.25) is 4.79 Å². The van der Waals surface area contributed by atoms with Crippen molar-refractivity contribution in [1.29, 1.82) is 0 Å². The Hall–Kier alpha value is -1.88. The van der Waals surface area contributed by atoms with Crippen molar-refractivity contribution in [2.45, 2.75) is 31.9 Å². The van der Waals surface area contributed by atoms with Crippen LogP contribution in [0.2, 0.25) is 0 Å². The standard InChI is InChI=1S/C14H17N3O2/c1-9-3-4-17-13(5-9)12(8-15-17)14(19)16(2)10-6-11(18)7-10/h3-5,8,10-11,18H,6-7H2,1-2H3. The smallest absolute Gasteiger partial charge is 0.257 e. The van der Waals surface area contributed by atoms with Crippen LogP contribution < -0.4 is 0 Å². The number of pyridine rings is 1. The Morgan fingerprint density at radius 1 is 1.53 bits per heavy atom. The molecular formula is C14H17N3O2. The lowest BCUT2D eigenvalue weighted by molar-refractivity contribution is 0.0133. The molecule has 2 heterocycles. The molecule has 0 spiro atoms. The van der Waals surface area contributed by atoms with Gasteiger partial charge in [0, 0.05) is 19.3 Å². The highest BCUT2D eigenvalue weighted by atomic mass is 16.3. The van der Waals surface area contributed by atoms with Crippen LogP contribution in [0.3, 0.4) is 0 Å². The minimum Gasteiger partial charge on any atom is -0.393 e. The number of carbonyl (C=O) groups excluding carboxylic acids is 1. The van der Waals surface area contributed by atoms with Gasteiger partial charge in [-0.15, -0.1) is 0 Å². The number of hydrogen-bond donors (Lipinski definition) is 1. The van der Waals surface area contributed by atoms with Crippen LogP contribution in [0.5, 0.6) is 0 Å². The first-order chi connectivity index (χ1) is 9.06. The van der Waals surface area contributed by atoms with E-state index < -0.39 is 0 Å². The fraction of sp³-hybridized carbons (Fsp3) is 0.429. The number of aliphatic hydroxyl groups excluding tert-OH is 1. The van der Waals surface area contributed by atoms with E-state index in [0.717, 1.165) is 11.1 Å². The first kappa shape index (κ1) is 12.2. The highest BCUT2D eigenvalue weighted by Gasteiger charge is 2.33. The molecule has 19 heavy (non-hydrogen) atoms. The van der Waals surface area contributed by atoms with E-state index in [2.05, 4.69) is 5.10 Å². The second-order valence-corrected chi connectivity index (χ2v) is 5.29. The average molecular weight is 259 g/mol. The van der Waals surface area contributed by atoms with E-state index in [-0.39, 0.29) is 18.1 Å². The van der Waals surface area contributed by atoms with E-state index in [4.69, 9.17) is 0 Å². The summed E-state index contributed by atoms with van der Waals surface area (Å²) in [5, 5.41) is 13.5. The van der Waals surface area contributed by atoms with E-state index in [1.165, 1.54) is 0 Å². The van der Waals surface area contributed by atoms with Crippen LogP contribution in [0.25, 0.3) is 5.52 Å². The molecule has 1 aliphatic rings. The molecule has 0 atom stereocenters. The van der Waals surface area contributed by atoms with Gasteiger partial charge in [-0.2, -0.15) is 5.10 Å². The first-order valence-electron chi connectivity index (χ1n) is 6.45. The summed E-state index contributed by atoms with van der Waals surface area (Å²) >= 11 is 0. The van der Waals surface area contributed by atoms with Crippen molar-refractivity contribution in [3.63, 3.8) is 0 Å². The zero-order valence-electron chi connectivity index (χ0n) is 11.1. The molecule has 5 heteroatoms. The maximum Gasteiger partial charge on any atom is 0.257 e. The molecule has 0 aliphatic heterocycles. The molecule has 0 bridgehead atoms. The van der Waals surface area contributed by atoms with Gasteiger partial charge in [0.05, 0.1) is 23.4 Å². The number of nitrogens with zero attached hydrogens (tertiary/aromatic N) is 3. The average Bonchev–Trinajstić information content (AvgIpc) is 2.76. The minimum atomic E-state index is -0.258. The van der Waals surface area contributed by atoms with E-state index in [0.29, 0.717) is 18.4 Å². The van der Waals surface area contributed by atoms with Crippen molar-refractivity contribution in [3.8, 4) is 0 Å². The second-order valence-electron chi connectivity index (χ2n) is 5.29. The normalized spacial score (nSPS) is 22.3. The summed E-state index contributed by atoms with van der Waals surface area (Å²) in [7, 11) is 1.79. The van der Waals surface area contributed by atoms with Gasteiger partial charge in [0.15, 0.2) is 0 Å². The fourth-order valence-electron chi connectivity index (χ4n) is 2.48. The van der Waals surface area contributed by atoms with E-state index in [9.17, 15) is 9.90 Å². The van der Waals surface area contributed by atoms with E-state index in [1.807, 2.05) is 25.3 Å². The zero-order chi connectivity index (χ0) is 13.6. The van der Waals surface area contributed by atoms with Crippen molar-refractivity contribution < 1.29 is 9.90 Å². The number of fused-ring (bicyclic) bond motifs is 1. The Balaban J connectivity index is 1.91. The zero-order valence-corrected chi connectivity index (χ0v) is 11.1. The summed E-state index contributed by atoms with van der Waals surface area (Å²) in [4.78, 5) is 14.2. The number of aliphatic hydroxyl groups is 1. The Kier molecular flexibility index (Phi) is 2.78. The van der Waals surface area contributed by atoms with E-state index in [1.54, 1.807) is 22.7 Å². The van der Waals surface area contributed by atoms with Crippen LogP contribution in [0.4, 0.5) is 0 Å². The largest absolute Gasteiger partial charge is 0.393 e. The van der Waals surface area contributed by atoms with Crippen LogP contribution in [0.15, 0.2) is 24.5 Å². The van der Waals surface area contributed by atoms with Crippen molar-refractivity contribution in [2.75, 3.05) is 7.05 Å². The Morgan fingerprint density at radius 2 is 2.26 bits per heavy atom. The third-order valence-electron chi connectivity index (χ3n) is 3.86. The molecule has 1 saturated carbocycles. The quantitative estimate of drug-likeness (QED) is 0.882. The molecule has 3 rings (SSSR count). The Labute approximate surface area is 111 Å². The summed E-state index contributed by atoms with van der Waals surface area (Å²) in [6.07, 6.45) is 4.55. The molecule has 1 amide bonds. The number of carbonyl (C=O) groups is 1. The molecule has 0 aromatic carbocycles. The van der Waals surface area contributed by atoms with Crippen LogP contribution in [-0.4, -0.2) is 44.7 Å².